The molecule has 0 heterocycles. The van der Waals surface area contributed by atoms with Crippen LogP contribution in [0.4, 0.5) is 0 Å². The Kier molecular flexibility index (Phi) is 4.69. The van der Waals surface area contributed by atoms with Gasteiger partial charge in [0, 0.05) is 22.6 Å². The number of hydrogen-bond acceptors (Lipinski definition) is 2. The molecule has 1 atom stereocenters. The van der Waals surface area contributed by atoms with Crippen molar-refractivity contribution in [3.63, 3.8) is 0 Å². The maximum Gasteiger partial charge on any atom is 0.0582 e. The van der Waals surface area contributed by atoms with Gasteiger partial charge in [0.2, 0.25) is 0 Å². The van der Waals surface area contributed by atoms with E-state index < -0.39 is 0 Å². The molecule has 1 aromatic rings. The lowest BCUT2D eigenvalue weighted by Crippen LogP contribution is -2.28. The van der Waals surface area contributed by atoms with E-state index in [9.17, 15) is 0 Å². The van der Waals surface area contributed by atoms with Crippen molar-refractivity contribution in [2.45, 2.75) is 19.5 Å². The molecule has 0 fully saturated rings. The second kappa shape index (κ2) is 5.56. The molecule has 0 saturated carbocycles. The molecule has 0 unspecified atom stereocenters. The van der Waals surface area contributed by atoms with Gasteiger partial charge in [0.15, 0.2) is 0 Å². The standard InChI is InChI=1S/C10H13Cl2NO/c1-7(6-14)13-5-8-2-3-9(11)4-10(8)12/h2-4,7,13-14H,5-6H2,1H3/t7-/m0/s1. The quantitative estimate of drug-likeness (QED) is 0.838. The van der Waals surface area contributed by atoms with Gasteiger partial charge in [-0.25, -0.2) is 0 Å². The number of aliphatic hydroxyl groups excluding tert-OH is 1. The summed E-state index contributed by atoms with van der Waals surface area (Å²) in [5.74, 6) is 0. The summed E-state index contributed by atoms with van der Waals surface area (Å²) in [5.41, 5.74) is 0.983. The van der Waals surface area contributed by atoms with Gasteiger partial charge < -0.3 is 10.4 Å². The average molecular weight is 234 g/mol. The molecule has 1 rings (SSSR count). The highest BCUT2D eigenvalue weighted by Crippen LogP contribution is 2.20. The molecule has 0 aromatic heterocycles. The van der Waals surface area contributed by atoms with Crippen molar-refractivity contribution in [2.24, 2.45) is 0 Å². The molecule has 0 spiro atoms. The van der Waals surface area contributed by atoms with Crippen LogP contribution in [-0.2, 0) is 6.54 Å². The minimum absolute atomic E-state index is 0.0711. The normalized spacial score (nSPS) is 12.9. The Bertz CT molecular complexity index is 304. The number of halogens is 2. The Morgan fingerprint density at radius 2 is 2.14 bits per heavy atom. The van der Waals surface area contributed by atoms with Gasteiger partial charge in [0.25, 0.3) is 0 Å². The van der Waals surface area contributed by atoms with Crippen LogP contribution >= 0.6 is 23.2 Å². The van der Waals surface area contributed by atoms with E-state index in [4.69, 9.17) is 28.3 Å². The lowest BCUT2D eigenvalue weighted by Gasteiger charge is -2.11. The van der Waals surface area contributed by atoms with Crippen molar-refractivity contribution in [3.8, 4) is 0 Å². The zero-order valence-corrected chi connectivity index (χ0v) is 9.44. The number of aliphatic hydroxyl groups is 1. The van der Waals surface area contributed by atoms with Crippen LogP contribution < -0.4 is 5.32 Å². The Labute approximate surface area is 93.8 Å². The van der Waals surface area contributed by atoms with E-state index in [0.717, 1.165) is 5.56 Å². The van der Waals surface area contributed by atoms with E-state index in [0.29, 0.717) is 16.6 Å². The Morgan fingerprint density at radius 3 is 2.71 bits per heavy atom. The van der Waals surface area contributed by atoms with Crippen molar-refractivity contribution in [1.29, 1.82) is 0 Å². The summed E-state index contributed by atoms with van der Waals surface area (Å²) < 4.78 is 0. The lowest BCUT2D eigenvalue weighted by atomic mass is 10.2. The van der Waals surface area contributed by atoms with Gasteiger partial charge in [-0.1, -0.05) is 29.3 Å². The molecule has 0 amide bonds. The Balaban J connectivity index is 2.59. The largest absolute Gasteiger partial charge is 0.395 e. The van der Waals surface area contributed by atoms with Crippen LogP contribution in [-0.4, -0.2) is 17.8 Å². The monoisotopic (exact) mass is 233 g/mol. The molecule has 0 aliphatic rings. The highest BCUT2D eigenvalue weighted by atomic mass is 35.5. The maximum atomic E-state index is 8.81. The fraction of sp³-hybridized carbons (Fsp3) is 0.400. The number of rotatable bonds is 4. The first-order chi connectivity index (χ1) is 6.63. The zero-order valence-electron chi connectivity index (χ0n) is 7.93. The third-order valence-electron chi connectivity index (χ3n) is 1.93. The first-order valence-corrected chi connectivity index (χ1v) is 5.17. The summed E-state index contributed by atoms with van der Waals surface area (Å²) in [6, 6.07) is 5.46. The molecular weight excluding hydrogens is 221 g/mol. The van der Waals surface area contributed by atoms with Crippen LogP contribution in [0.2, 0.25) is 10.0 Å². The van der Waals surface area contributed by atoms with Crippen molar-refractivity contribution in [2.75, 3.05) is 6.61 Å². The fourth-order valence-corrected chi connectivity index (χ4v) is 1.49. The van der Waals surface area contributed by atoms with Gasteiger partial charge in [0.1, 0.15) is 0 Å². The van der Waals surface area contributed by atoms with Gasteiger partial charge in [-0.2, -0.15) is 0 Å². The molecule has 0 aliphatic carbocycles. The summed E-state index contributed by atoms with van der Waals surface area (Å²) in [4.78, 5) is 0. The van der Waals surface area contributed by atoms with Gasteiger partial charge in [-0.15, -0.1) is 0 Å². The third kappa shape index (κ3) is 3.46. The predicted molar refractivity (Wildman–Crippen MR) is 59.8 cm³/mol. The van der Waals surface area contributed by atoms with Crippen LogP contribution in [0.3, 0.4) is 0 Å². The second-order valence-electron chi connectivity index (χ2n) is 3.20. The lowest BCUT2D eigenvalue weighted by molar-refractivity contribution is 0.251. The molecule has 0 saturated heterocycles. The SMILES string of the molecule is C[C@@H](CO)NCc1ccc(Cl)cc1Cl. The van der Waals surface area contributed by atoms with Gasteiger partial charge in [-0.05, 0) is 24.6 Å². The summed E-state index contributed by atoms with van der Waals surface area (Å²) in [5, 5.41) is 13.2. The summed E-state index contributed by atoms with van der Waals surface area (Å²) in [6.07, 6.45) is 0. The molecular formula is C10H13Cl2NO. The molecule has 1 aromatic carbocycles. The van der Waals surface area contributed by atoms with E-state index in [1.54, 1.807) is 12.1 Å². The smallest absolute Gasteiger partial charge is 0.0582 e. The van der Waals surface area contributed by atoms with E-state index in [1.807, 2.05) is 13.0 Å². The highest BCUT2D eigenvalue weighted by Gasteiger charge is 2.03. The van der Waals surface area contributed by atoms with E-state index in [-0.39, 0.29) is 12.6 Å². The molecule has 0 radical (unpaired) electrons. The van der Waals surface area contributed by atoms with Gasteiger partial charge >= 0.3 is 0 Å². The molecule has 14 heavy (non-hydrogen) atoms. The molecule has 2 nitrogen and oxygen atoms in total. The van der Waals surface area contributed by atoms with Gasteiger partial charge in [0.05, 0.1) is 6.61 Å². The van der Waals surface area contributed by atoms with Crippen LogP contribution in [0, 0.1) is 0 Å². The topological polar surface area (TPSA) is 32.3 Å². The summed E-state index contributed by atoms with van der Waals surface area (Å²) in [6.45, 7) is 2.66. The van der Waals surface area contributed by atoms with Crippen molar-refractivity contribution < 1.29 is 5.11 Å². The highest BCUT2D eigenvalue weighted by molar-refractivity contribution is 6.35. The van der Waals surface area contributed by atoms with E-state index >= 15 is 0 Å². The number of nitrogens with one attached hydrogen (secondary N) is 1. The molecule has 4 heteroatoms. The molecule has 78 valence electrons. The van der Waals surface area contributed by atoms with Crippen LogP contribution in [0.5, 0.6) is 0 Å². The third-order valence-corrected chi connectivity index (χ3v) is 2.52. The number of hydrogen-bond donors (Lipinski definition) is 2. The minimum atomic E-state index is 0.0711. The van der Waals surface area contributed by atoms with Crippen LogP contribution in [0.1, 0.15) is 12.5 Å². The summed E-state index contributed by atoms with van der Waals surface area (Å²) in [7, 11) is 0. The van der Waals surface area contributed by atoms with Gasteiger partial charge in [-0.3, -0.25) is 0 Å². The fourth-order valence-electron chi connectivity index (χ4n) is 1.01. The molecule has 0 aliphatic heterocycles. The average Bonchev–Trinajstić information content (AvgIpc) is 2.16. The maximum absolute atomic E-state index is 8.81. The Morgan fingerprint density at radius 1 is 1.43 bits per heavy atom. The van der Waals surface area contributed by atoms with E-state index in [1.165, 1.54) is 0 Å². The zero-order chi connectivity index (χ0) is 10.6. The Hall–Kier alpha value is -0.280. The first-order valence-electron chi connectivity index (χ1n) is 4.41. The molecule has 0 bridgehead atoms. The van der Waals surface area contributed by atoms with Crippen molar-refractivity contribution in [1.82, 2.24) is 5.32 Å². The van der Waals surface area contributed by atoms with Crippen molar-refractivity contribution >= 4 is 23.2 Å². The molecule has 2 N–H and O–H groups in total. The summed E-state index contributed by atoms with van der Waals surface area (Å²) >= 11 is 11.7. The van der Waals surface area contributed by atoms with E-state index in [2.05, 4.69) is 5.32 Å². The van der Waals surface area contributed by atoms with Crippen LogP contribution in [0.15, 0.2) is 18.2 Å². The minimum Gasteiger partial charge on any atom is -0.395 e. The first kappa shape index (κ1) is 11.8. The number of benzene rings is 1. The van der Waals surface area contributed by atoms with Crippen LogP contribution in [0.25, 0.3) is 0 Å². The van der Waals surface area contributed by atoms with Crippen molar-refractivity contribution in [3.05, 3.63) is 33.8 Å². The second-order valence-corrected chi connectivity index (χ2v) is 4.04. The predicted octanol–water partition coefficient (Wildman–Crippen LogP) is 2.46.